The van der Waals surface area contributed by atoms with Crippen LogP contribution >= 0.6 is 0 Å². The summed E-state index contributed by atoms with van der Waals surface area (Å²) < 4.78 is 10.5. The number of carbonyl (C=O) groups is 2. The minimum Gasteiger partial charge on any atom is -0.681 e. The van der Waals surface area contributed by atoms with Crippen LogP contribution in [0.15, 0.2) is 28.7 Å². The van der Waals surface area contributed by atoms with E-state index in [1.807, 2.05) is 13.0 Å². The van der Waals surface area contributed by atoms with Crippen LogP contribution in [0.25, 0.3) is 28.4 Å². The van der Waals surface area contributed by atoms with Gasteiger partial charge in [-0.3, -0.25) is 9.59 Å². The molecule has 246 valence electrons. The maximum Gasteiger partial charge on any atom is 2.00 e. The minimum atomic E-state index is -1.13. The van der Waals surface area contributed by atoms with Crippen LogP contribution in [-0.4, -0.2) is 59.9 Å². The van der Waals surface area contributed by atoms with Gasteiger partial charge in [0.2, 0.25) is 0 Å². The Labute approximate surface area is 293 Å². The molecule has 0 spiro atoms. The standard InChI is InChI=1S/C37H44N4O5.Mg/c1-9-21-17(4)24-14-26-19(6)23(12-13-30(42)46-11-3)34(40-26)32-33(37(44)45-8)36(43)31-20(7)27(41-35(31)32)16-29-22(10-2)18(5)25(39-29)15-28(21)38-24;/h14-16,19,21,23,33-34,36,43H,9-13H2,1-8H3;/q-4;+2/b26-14-,27-16-,28-15-;/t19-,21+,23-,33+,34?,36-;/m0./s1. The molecule has 1 unspecified atom stereocenters. The fourth-order valence-corrected chi connectivity index (χ4v) is 8.00. The van der Waals surface area contributed by atoms with Gasteiger partial charge >= 0.3 is 35.0 Å². The zero-order chi connectivity index (χ0) is 33.0. The molecule has 6 atom stereocenters. The van der Waals surface area contributed by atoms with Gasteiger partial charge in [0.05, 0.1) is 19.8 Å². The summed E-state index contributed by atoms with van der Waals surface area (Å²) in [4.78, 5) is 36.1. The maximum atomic E-state index is 13.4. The second kappa shape index (κ2) is 13.7. The molecule has 1 aliphatic carbocycles. The van der Waals surface area contributed by atoms with Gasteiger partial charge in [0.25, 0.3) is 0 Å². The zero-order valence-electron chi connectivity index (χ0n) is 28.8. The zero-order valence-corrected chi connectivity index (χ0v) is 30.2. The van der Waals surface area contributed by atoms with E-state index >= 15 is 0 Å². The average molecular weight is 649 g/mol. The molecule has 0 radical (unpaired) electrons. The largest absolute Gasteiger partial charge is 2.00 e. The van der Waals surface area contributed by atoms with Gasteiger partial charge in [0, 0.05) is 6.42 Å². The molecule has 47 heavy (non-hydrogen) atoms. The minimum absolute atomic E-state index is 0. The number of rotatable bonds is 7. The van der Waals surface area contributed by atoms with Crippen molar-refractivity contribution in [1.29, 1.82) is 0 Å². The summed E-state index contributed by atoms with van der Waals surface area (Å²) in [6, 6.07) is -0.498. The van der Waals surface area contributed by atoms with Gasteiger partial charge in [0.1, 0.15) is 5.92 Å². The Morgan fingerprint density at radius 3 is 2.38 bits per heavy atom. The van der Waals surface area contributed by atoms with Crippen LogP contribution in [0, 0.1) is 37.5 Å². The molecule has 9 nitrogen and oxygen atoms in total. The van der Waals surface area contributed by atoms with E-state index in [0.717, 1.165) is 58.0 Å². The Kier molecular flexibility index (Phi) is 10.2. The first-order chi connectivity index (χ1) is 22.0. The van der Waals surface area contributed by atoms with E-state index < -0.39 is 24.0 Å². The van der Waals surface area contributed by atoms with Crippen LogP contribution < -0.4 is 20.7 Å². The van der Waals surface area contributed by atoms with Crippen molar-refractivity contribution in [3.8, 4) is 0 Å². The number of aliphatic hydroxyl groups is 1. The molecule has 2 aromatic rings. The third-order valence-corrected chi connectivity index (χ3v) is 10.6. The van der Waals surface area contributed by atoms with Crippen LogP contribution in [0.3, 0.4) is 0 Å². The molecule has 3 aliphatic heterocycles. The van der Waals surface area contributed by atoms with Crippen LogP contribution in [0.1, 0.15) is 93.6 Å². The van der Waals surface area contributed by atoms with Gasteiger partial charge in [-0.15, -0.1) is 27.8 Å². The number of hydrogen-bond acceptors (Lipinski definition) is 5. The molecule has 2 aromatic heterocycles. The Balaban J connectivity index is 0.00000433. The van der Waals surface area contributed by atoms with Gasteiger partial charge in [-0.1, -0.05) is 72.9 Å². The summed E-state index contributed by atoms with van der Waals surface area (Å²) in [6.07, 6.45) is 7.51. The van der Waals surface area contributed by atoms with Gasteiger partial charge in [0.15, 0.2) is 0 Å². The van der Waals surface area contributed by atoms with Crippen LogP contribution in [0.5, 0.6) is 0 Å². The number of hydrogen-bond donors (Lipinski definition) is 1. The van der Waals surface area contributed by atoms with E-state index in [1.54, 1.807) is 6.92 Å². The number of allylic oxidation sites excluding steroid dienone is 3. The molecule has 1 saturated heterocycles. The Bertz CT molecular complexity index is 1810. The van der Waals surface area contributed by atoms with Crippen LogP contribution in [-0.2, 0) is 25.5 Å². The molecule has 5 heterocycles. The normalized spacial score (nSPS) is 28.7. The number of aliphatic hydroxyl groups excluding tert-OH is 1. The topological polar surface area (TPSA) is 129 Å². The number of esters is 2. The van der Waals surface area contributed by atoms with Crippen LogP contribution in [0.2, 0.25) is 0 Å². The third-order valence-electron chi connectivity index (χ3n) is 10.6. The van der Waals surface area contributed by atoms with Crippen molar-refractivity contribution in [2.45, 2.75) is 86.3 Å². The van der Waals surface area contributed by atoms with E-state index in [-0.39, 0.29) is 53.2 Å². The van der Waals surface area contributed by atoms with Crippen molar-refractivity contribution in [3.05, 3.63) is 83.7 Å². The van der Waals surface area contributed by atoms with Crippen molar-refractivity contribution in [3.63, 3.8) is 0 Å². The molecule has 10 heteroatoms. The molecule has 0 amide bonds. The summed E-state index contributed by atoms with van der Waals surface area (Å²) in [5.74, 6) is -1.77. The molecule has 0 aromatic carbocycles. The average Bonchev–Trinajstić information content (AvgIpc) is 3.77. The summed E-state index contributed by atoms with van der Waals surface area (Å²) >= 11 is 0. The smallest absolute Gasteiger partial charge is 0.681 e. The second-order valence-electron chi connectivity index (χ2n) is 12.9. The summed E-state index contributed by atoms with van der Waals surface area (Å²) in [5, 5.41) is 23.5. The monoisotopic (exact) mass is 648 g/mol. The number of ether oxygens (including phenoxy) is 2. The third kappa shape index (κ3) is 5.80. The molecule has 6 rings (SSSR count). The maximum absolute atomic E-state index is 13.4. The molecular formula is C37H44MgN4O5-2. The Morgan fingerprint density at radius 1 is 0.979 bits per heavy atom. The van der Waals surface area contributed by atoms with Crippen molar-refractivity contribution < 1.29 is 24.2 Å². The second-order valence-corrected chi connectivity index (χ2v) is 12.9. The van der Waals surface area contributed by atoms with Gasteiger partial charge in [-0.25, -0.2) is 0 Å². The van der Waals surface area contributed by atoms with E-state index in [0.29, 0.717) is 34.9 Å². The molecular weight excluding hydrogens is 605 g/mol. The van der Waals surface area contributed by atoms with Crippen molar-refractivity contribution >= 4 is 52.7 Å². The quantitative estimate of drug-likeness (QED) is 0.346. The Hall–Kier alpha value is -3.21. The number of carbonyl (C=O) groups excluding carboxylic acids is 2. The van der Waals surface area contributed by atoms with E-state index in [4.69, 9.17) is 30.1 Å². The molecule has 0 saturated carbocycles. The fraction of sp³-hybridized carbons (Fsp3) is 0.514. The van der Waals surface area contributed by atoms with E-state index in [9.17, 15) is 14.7 Å². The van der Waals surface area contributed by atoms with E-state index in [1.165, 1.54) is 12.7 Å². The van der Waals surface area contributed by atoms with Gasteiger partial charge in [-0.05, 0) is 70.3 Å². The van der Waals surface area contributed by atoms with Crippen LogP contribution in [0.4, 0.5) is 0 Å². The van der Waals surface area contributed by atoms with Crippen molar-refractivity contribution in [2.24, 2.45) is 23.7 Å². The fourth-order valence-electron chi connectivity index (χ4n) is 8.00. The SMILES string of the molecule is CCOC(=O)CC[C@@H]1C2[N-]/C(=C\C3=C(C)[C@@H](CC)/C(=C/c4[n-]c(c(CC)c4C)/C=c4\[n-]c5c(c4C)[C@H](O)[C@H](C(=O)OC)C=52)[N-]3)[C@H]1C.[Mg+2]. The first-order valence-electron chi connectivity index (χ1n) is 16.6. The van der Waals surface area contributed by atoms with E-state index in [2.05, 4.69) is 46.8 Å². The predicted octanol–water partition coefficient (Wildman–Crippen LogP) is 4.49. The molecule has 8 bridgehead atoms. The number of aromatic nitrogens is 2. The van der Waals surface area contributed by atoms with Gasteiger partial charge in [-0.2, -0.15) is 11.4 Å². The number of fused-ring (bicyclic) bond motifs is 8. The van der Waals surface area contributed by atoms with Crippen molar-refractivity contribution in [1.82, 2.24) is 9.97 Å². The van der Waals surface area contributed by atoms with Crippen molar-refractivity contribution in [2.75, 3.05) is 13.7 Å². The van der Waals surface area contributed by atoms with Gasteiger partial charge < -0.3 is 35.2 Å². The number of nitrogens with zero attached hydrogens (tertiary/aromatic N) is 4. The first kappa shape index (κ1) is 35.1. The summed E-state index contributed by atoms with van der Waals surface area (Å²) in [5.41, 5.74) is 10.0. The molecule has 1 fully saturated rings. The summed E-state index contributed by atoms with van der Waals surface area (Å²) in [7, 11) is 1.34. The summed E-state index contributed by atoms with van der Waals surface area (Å²) in [6.45, 7) is 14.7. The molecule has 1 N–H and O–H groups in total. The predicted molar refractivity (Wildman–Crippen MR) is 182 cm³/mol. The Morgan fingerprint density at radius 2 is 1.72 bits per heavy atom. The first-order valence-corrected chi connectivity index (χ1v) is 16.6. The number of methoxy groups -OCH3 is 1. The molecule has 4 aliphatic rings.